The Morgan fingerprint density at radius 1 is 0.621 bits per heavy atom. The van der Waals surface area contributed by atoms with Crippen molar-refractivity contribution >= 4 is 15.2 Å². The number of hydrogen-bond donors (Lipinski definition) is 0. The van der Waals surface area contributed by atoms with Crippen molar-refractivity contribution in [2.24, 2.45) is 0 Å². The van der Waals surface area contributed by atoms with Gasteiger partial charge in [-0.3, -0.25) is 18.9 Å². The lowest BCUT2D eigenvalue weighted by molar-refractivity contribution is -0.181. The molecule has 0 amide bonds. The molecule has 2 aromatic carbocycles. The Kier molecular flexibility index (Phi) is 15.1. The molecule has 0 fully saturated rings. The van der Waals surface area contributed by atoms with E-state index in [2.05, 4.69) is 16.7 Å². The summed E-state index contributed by atoms with van der Waals surface area (Å²) in [4.78, 5) is 4.29. The van der Waals surface area contributed by atoms with E-state index >= 15 is 9.13 Å². The fourth-order valence-corrected chi connectivity index (χ4v) is 12.2. The molecule has 2 aliphatic rings. The summed E-state index contributed by atoms with van der Waals surface area (Å²) in [5.41, 5.74) is 0.664. The lowest BCUT2D eigenvalue weighted by atomic mass is 10.0. The fourth-order valence-electron chi connectivity index (χ4n) is 7.08. The van der Waals surface area contributed by atoms with Gasteiger partial charge < -0.3 is 37.0 Å². The van der Waals surface area contributed by atoms with E-state index in [0.29, 0.717) is 39.3 Å². The van der Waals surface area contributed by atoms with Gasteiger partial charge in [0.25, 0.3) is 0 Å². The van der Waals surface area contributed by atoms with Gasteiger partial charge in [-0.25, -0.2) is 0 Å². The van der Waals surface area contributed by atoms with E-state index in [1.807, 2.05) is 147 Å². The summed E-state index contributed by atoms with van der Waals surface area (Å²) >= 11 is 0. The van der Waals surface area contributed by atoms with Crippen LogP contribution in [0.3, 0.4) is 0 Å². The Bertz CT molecular complexity index is 1760. The minimum atomic E-state index is -3.81. The van der Waals surface area contributed by atoms with Gasteiger partial charge in [0.15, 0.2) is 0 Å². The van der Waals surface area contributed by atoms with Gasteiger partial charge in [-0.15, -0.1) is 0 Å². The predicted molar refractivity (Wildman–Crippen MR) is 230 cm³/mol. The van der Waals surface area contributed by atoms with Gasteiger partial charge in [-0.2, -0.15) is 0 Å². The number of rotatable bonds is 16. The highest BCUT2D eigenvalue weighted by Crippen LogP contribution is 2.57. The number of fused-ring (bicyclic) bond motifs is 2. The van der Waals surface area contributed by atoms with Gasteiger partial charge in [-0.05, 0) is 89.5 Å². The molecule has 330 valence electrons. The molecule has 0 bridgehead atoms. The lowest BCUT2D eigenvalue weighted by Crippen LogP contribution is -2.45. The first-order valence-electron chi connectivity index (χ1n) is 20.6. The molecule has 0 aliphatic carbocycles. The predicted octanol–water partition coefficient (Wildman–Crippen LogP) is 11.6. The van der Waals surface area contributed by atoms with Crippen molar-refractivity contribution in [2.75, 3.05) is 19.1 Å². The van der Waals surface area contributed by atoms with Crippen LogP contribution in [0.1, 0.15) is 146 Å². The van der Waals surface area contributed by atoms with Crippen molar-refractivity contribution in [3.63, 3.8) is 0 Å². The quantitative estimate of drug-likeness (QED) is 0.150. The van der Waals surface area contributed by atoms with Gasteiger partial charge in [0.05, 0.1) is 35.6 Å². The van der Waals surface area contributed by atoms with Crippen LogP contribution in [0.2, 0.25) is 0 Å². The second-order valence-corrected chi connectivity index (χ2v) is 24.3. The second kappa shape index (κ2) is 17.9. The molecule has 14 heteroatoms. The summed E-state index contributed by atoms with van der Waals surface area (Å²) in [5.74, 6) is -0.156. The number of para-hydroxylation sites is 2. The minimum absolute atomic E-state index is 0.0124. The molecule has 58 heavy (non-hydrogen) atoms. The van der Waals surface area contributed by atoms with Gasteiger partial charge in [0, 0.05) is 75.6 Å². The largest absolute Gasteiger partial charge is 0.462 e. The second-order valence-electron chi connectivity index (χ2n) is 20.5. The van der Waals surface area contributed by atoms with E-state index in [4.69, 9.17) is 37.0 Å². The highest BCUT2D eigenvalue weighted by molar-refractivity contribution is 7.54. The Hall–Kier alpha value is -1.82. The maximum absolute atomic E-state index is 15.1. The van der Waals surface area contributed by atoms with E-state index in [1.165, 1.54) is 0 Å². The molecule has 2 aliphatic heterocycles. The molecule has 0 spiro atoms. The summed E-state index contributed by atoms with van der Waals surface area (Å²) in [7, 11) is -7.61. The van der Waals surface area contributed by atoms with Crippen molar-refractivity contribution in [2.45, 2.75) is 190 Å². The molecule has 2 heterocycles. The first-order chi connectivity index (χ1) is 26.3. The van der Waals surface area contributed by atoms with Crippen molar-refractivity contribution in [3.05, 3.63) is 58.7 Å². The first-order valence-corrected chi connectivity index (χ1v) is 24.1. The van der Waals surface area contributed by atoms with Crippen molar-refractivity contribution in [1.29, 1.82) is 0 Å². The molecular formula is C44H74N2O10P2. The average Bonchev–Trinajstić information content (AvgIpc) is 2.99. The number of nitrogens with zero attached hydrogens (tertiary/aromatic N) is 2. The standard InChI is InChI=1S/C44H74N2O10P2/c1-18-36(46(31-58(48,55-41(8,9)10)56-42(11,12)13)26-33-22-20-24-35-29-50-44(16,17)52-38(33)35)27-45(30-57(47,53-39(2,3)4)54-40(5,6)7)25-32-21-19-23-34-28-49-43(14,15)51-37(32)34/h19-24,36H,18,25-31H2,1-17H3. The van der Waals surface area contributed by atoms with E-state index < -0.39 is 49.2 Å². The van der Waals surface area contributed by atoms with Crippen LogP contribution in [0.25, 0.3) is 0 Å². The molecule has 12 nitrogen and oxygen atoms in total. The Balaban J connectivity index is 1.87. The topological polar surface area (TPSA) is 114 Å². The van der Waals surface area contributed by atoms with Crippen LogP contribution in [0.5, 0.6) is 11.5 Å². The van der Waals surface area contributed by atoms with Gasteiger partial charge in [0.2, 0.25) is 11.6 Å². The third-order valence-corrected chi connectivity index (χ3v) is 13.6. The molecule has 4 rings (SSSR count). The normalized spacial score (nSPS) is 18.1. The zero-order valence-corrected chi connectivity index (χ0v) is 40.4. The van der Waals surface area contributed by atoms with Crippen LogP contribution >= 0.6 is 15.2 Å². The third-order valence-electron chi connectivity index (χ3n) is 8.81. The summed E-state index contributed by atoms with van der Waals surface area (Å²) < 4.78 is 80.6. The Morgan fingerprint density at radius 3 is 1.38 bits per heavy atom. The molecular weight excluding hydrogens is 778 g/mol. The first kappa shape index (κ1) is 48.8. The molecule has 1 unspecified atom stereocenters. The molecule has 2 aromatic rings. The highest BCUT2D eigenvalue weighted by atomic mass is 31.2. The van der Waals surface area contributed by atoms with Gasteiger partial charge in [0.1, 0.15) is 24.1 Å². The number of hydrogen-bond acceptors (Lipinski definition) is 12. The van der Waals surface area contributed by atoms with Crippen LogP contribution in [-0.2, 0) is 63.0 Å². The van der Waals surface area contributed by atoms with Crippen LogP contribution in [0.15, 0.2) is 36.4 Å². The Morgan fingerprint density at radius 2 is 1.00 bits per heavy atom. The monoisotopic (exact) mass is 852 g/mol. The van der Waals surface area contributed by atoms with E-state index in [1.54, 1.807) is 0 Å². The smallest absolute Gasteiger partial charge is 0.345 e. The molecule has 0 radical (unpaired) electrons. The molecule has 0 aromatic heterocycles. The maximum Gasteiger partial charge on any atom is 0.345 e. The zero-order chi connectivity index (χ0) is 43.8. The van der Waals surface area contributed by atoms with Crippen LogP contribution < -0.4 is 9.47 Å². The summed E-state index contributed by atoms with van der Waals surface area (Å²) in [6.45, 7) is 34.2. The van der Waals surface area contributed by atoms with Gasteiger partial charge >= 0.3 is 15.2 Å². The summed E-state index contributed by atoms with van der Waals surface area (Å²) in [6.07, 6.45) is 0.613. The van der Waals surface area contributed by atoms with E-state index in [0.717, 1.165) is 33.8 Å². The van der Waals surface area contributed by atoms with Gasteiger partial charge in [-0.1, -0.05) is 43.3 Å². The van der Waals surface area contributed by atoms with E-state index in [9.17, 15) is 0 Å². The summed E-state index contributed by atoms with van der Waals surface area (Å²) in [6, 6.07) is 11.8. The van der Waals surface area contributed by atoms with Crippen LogP contribution in [0.4, 0.5) is 0 Å². The average molecular weight is 853 g/mol. The zero-order valence-electron chi connectivity index (χ0n) is 38.6. The maximum atomic E-state index is 15.1. The van der Waals surface area contributed by atoms with Crippen molar-refractivity contribution in [3.8, 4) is 11.5 Å². The minimum Gasteiger partial charge on any atom is -0.462 e. The van der Waals surface area contributed by atoms with Crippen LogP contribution in [-0.4, -0.2) is 68.9 Å². The molecule has 0 N–H and O–H groups in total. The number of benzene rings is 2. The highest BCUT2D eigenvalue weighted by Gasteiger charge is 2.42. The SMILES string of the molecule is CCC(CN(Cc1cccc2c1OC(C)(C)OC2)CP(=O)(OC(C)(C)C)OC(C)(C)C)N(Cc1cccc2c1OC(C)(C)OC2)CP(=O)(OC(C)(C)C)OC(C)(C)C. The van der Waals surface area contributed by atoms with Crippen LogP contribution in [0, 0.1) is 0 Å². The van der Waals surface area contributed by atoms with Crippen molar-refractivity contribution in [1.82, 2.24) is 9.80 Å². The van der Waals surface area contributed by atoms with E-state index in [-0.39, 0.29) is 18.6 Å². The summed E-state index contributed by atoms with van der Waals surface area (Å²) in [5, 5.41) is 0. The lowest BCUT2D eigenvalue weighted by Gasteiger charge is -2.41. The number of ether oxygens (including phenoxy) is 4. The molecule has 1 atom stereocenters. The fraction of sp³-hybridized carbons (Fsp3) is 0.727. The molecule has 0 saturated heterocycles. The van der Waals surface area contributed by atoms with Crippen molar-refractivity contribution < 1.29 is 46.2 Å². The third kappa shape index (κ3) is 15.3. The Labute approximate surface area is 350 Å². The molecule has 0 saturated carbocycles.